The average molecular weight is 346 g/mol. The Morgan fingerprint density at radius 1 is 1.38 bits per heavy atom. The molecule has 0 unspecified atom stereocenters. The molecule has 0 bridgehead atoms. The molecule has 0 fully saturated rings. The molecule has 3 rings (SSSR count). The van der Waals surface area contributed by atoms with Gasteiger partial charge in [-0.15, -0.1) is 0 Å². The lowest BCUT2D eigenvalue weighted by Crippen LogP contribution is -2.11. The van der Waals surface area contributed by atoms with Crippen LogP contribution in [0.5, 0.6) is 23.0 Å². The van der Waals surface area contributed by atoms with Crippen molar-refractivity contribution in [3.63, 3.8) is 0 Å². The SMILES string of the molecule is CCOc1cc(C#N)cc(Cl)c1OC(=O)c1cccc2c1OCO2. The van der Waals surface area contributed by atoms with Crippen molar-refractivity contribution in [2.75, 3.05) is 13.4 Å². The van der Waals surface area contributed by atoms with Gasteiger partial charge in [-0.1, -0.05) is 17.7 Å². The van der Waals surface area contributed by atoms with E-state index in [1.807, 2.05) is 6.07 Å². The van der Waals surface area contributed by atoms with E-state index in [4.69, 9.17) is 35.8 Å². The van der Waals surface area contributed by atoms with Gasteiger partial charge in [0, 0.05) is 6.07 Å². The normalized spacial score (nSPS) is 11.7. The number of hydrogen-bond donors (Lipinski definition) is 0. The summed E-state index contributed by atoms with van der Waals surface area (Å²) in [6.45, 7) is 2.14. The van der Waals surface area contributed by atoms with Crippen molar-refractivity contribution in [1.82, 2.24) is 0 Å². The Morgan fingerprint density at radius 2 is 2.21 bits per heavy atom. The van der Waals surface area contributed by atoms with Crippen LogP contribution in [0.1, 0.15) is 22.8 Å². The van der Waals surface area contributed by atoms with Crippen LogP contribution in [0.15, 0.2) is 30.3 Å². The minimum Gasteiger partial charge on any atom is -0.490 e. The maximum atomic E-state index is 12.5. The predicted molar refractivity (Wildman–Crippen MR) is 84.9 cm³/mol. The van der Waals surface area contributed by atoms with Gasteiger partial charge in [0.2, 0.25) is 6.79 Å². The van der Waals surface area contributed by atoms with Crippen molar-refractivity contribution in [3.05, 3.63) is 46.5 Å². The highest BCUT2D eigenvalue weighted by Crippen LogP contribution is 2.39. The number of carbonyl (C=O) groups excluding carboxylic acids is 1. The number of carbonyl (C=O) groups is 1. The summed E-state index contributed by atoms with van der Waals surface area (Å²) in [5, 5.41) is 9.12. The van der Waals surface area contributed by atoms with Crippen LogP contribution in [-0.4, -0.2) is 19.4 Å². The number of ether oxygens (including phenoxy) is 4. The Bertz CT molecular complexity index is 844. The number of benzene rings is 2. The first-order chi connectivity index (χ1) is 11.6. The van der Waals surface area contributed by atoms with E-state index in [1.54, 1.807) is 25.1 Å². The Balaban J connectivity index is 1.95. The molecule has 2 aromatic rings. The highest BCUT2D eigenvalue weighted by Gasteiger charge is 2.25. The van der Waals surface area contributed by atoms with E-state index in [9.17, 15) is 4.79 Å². The lowest BCUT2D eigenvalue weighted by molar-refractivity contribution is 0.0723. The van der Waals surface area contributed by atoms with E-state index in [-0.39, 0.29) is 28.9 Å². The third-order valence-corrected chi connectivity index (χ3v) is 3.53. The van der Waals surface area contributed by atoms with Crippen molar-refractivity contribution in [3.8, 4) is 29.1 Å². The van der Waals surface area contributed by atoms with Gasteiger partial charge in [-0.2, -0.15) is 5.26 Å². The predicted octanol–water partition coefficient (Wildman–Crippen LogP) is 3.56. The fourth-order valence-corrected chi connectivity index (χ4v) is 2.48. The molecule has 2 aromatic carbocycles. The van der Waals surface area contributed by atoms with Gasteiger partial charge >= 0.3 is 5.97 Å². The first-order valence-electron chi connectivity index (χ1n) is 7.11. The number of para-hydroxylation sites is 1. The zero-order chi connectivity index (χ0) is 17.1. The molecule has 0 N–H and O–H groups in total. The molecule has 0 aliphatic carbocycles. The molecule has 1 heterocycles. The fourth-order valence-electron chi connectivity index (χ4n) is 2.23. The van der Waals surface area contributed by atoms with E-state index < -0.39 is 5.97 Å². The summed E-state index contributed by atoms with van der Waals surface area (Å²) >= 11 is 6.13. The molecule has 7 heteroatoms. The van der Waals surface area contributed by atoms with Gasteiger partial charge in [-0.25, -0.2) is 4.79 Å². The second-order valence-corrected chi connectivity index (χ2v) is 5.17. The van der Waals surface area contributed by atoms with E-state index >= 15 is 0 Å². The maximum absolute atomic E-state index is 12.5. The van der Waals surface area contributed by atoms with Crippen LogP contribution in [0, 0.1) is 11.3 Å². The van der Waals surface area contributed by atoms with E-state index in [0.717, 1.165) is 0 Å². The van der Waals surface area contributed by atoms with Gasteiger partial charge in [-0.05, 0) is 25.1 Å². The molecule has 1 aliphatic rings. The van der Waals surface area contributed by atoms with Crippen LogP contribution in [0.4, 0.5) is 0 Å². The first-order valence-corrected chi connectivity index (χ1v) is 7.49. The van der Waals surface area contributed by atoms with E-state index in [1.165, 1.54) is 12.1 Å². The summed E-state index contributed by atoms with van der Waals surface area (Å²) in [5.41, 5.74) is 0.522. The number of nitriles is 1. The molecular weight excluding hydrogens is 334 g/mol. The van der Waals surface area contributed by atoms with Crippen molar-refractivity contribution in [2.45, 2.75) is 6.92 Å². The van der Waals surface area contributed by atoms with Crippen LogP contribution in [0.2, 0.25) is 5.02 Å². The summed E-state index contributed by atoms with van der Waals surface area (Å²) < 4.78 is 21.4. The second kappa shape index (κ2) is 6.69. The number of rotatable bonds is 4. The zero-order valence-electron chi connectivity index (χ0n) is 12.7. The Labute approximate surface area is 143 Å². The molecule has 1 aliphatic heterocycles. The van der Waals surface area contributed by atoms with Gasteiger partial charge in [0.15, 0.2) is 23.0 Å². The minimum absolute atomic E-state index is 0.0431. The maximum Gasteiger partial charge on any atom is 0.347 e. The number of halogens is 1. The van der Waals surface area contributed by atoms with E-state index in [0.29, 0.717) is 23.7 Å². The summed E-state index contributed by atoms with van der Waals surface area (Å²) in [6, 6.07) is 9.76. The quantitative estimate of drug-likeness (QED) is 0.623. The summed E-state index contributed by atoms with van der Waals surface area (Å²) in [7, 11) is 0. The van der Waals surface area contributed by atoms with Crippen molar-refractivity contribution in [1.29, 1.82) is 5.26 Å². The highest BCUT2D eigenvalue weighted by atomic mass is 35.5. The third kappa shape index (κ3) is 2.94. The molecule has 0 aromatic heterocycles. The van der Waals surface area contributed by atoms with Crippen LogP contribution >= 0.6 is 11.6 Å². The number of hydrogen-bond acceptors (Lipinski definition) is 6. The topological polar surface area (TPSA) is 77.8 Å². The Kier molecular flexibility index (Phi) is 4.45. The van der Waals surface area contributed by atoms with Crippen LogP contribution < -0.4 is 18.9 Å². The lowest BCUT2D eigenvalue weighted by atomic mass is 10.2. The van der Waals surface area contributed by atoms with Gasteiger partial charge < -0.3 is 18.9 Å². The largest absolute Gasteiger partial charge is 0.490 e. The molecule has 0 spiro atoms. The molecule has 0 saturated carbocycles. The van der Waals surface area contributed by atoms with Crippen LogP contribution in [-0.2, 0) is 0 Å². The van der Waals surface area contributed by atoms with Gasteiger partial charge in [0.25, 0.3) is 0 Å². The van der Waals surface area contributed by atoms with Gasteiger partial charge in [0.05, 0.1) is 23.3 Å². The molecule has 0 saturated heterocycles. The smallest absolute Gasteiger partial charge is 0.347 e. The standard InChI is InChI=1S/C17H12ClNO5/c1-2-21-14-7-10(8-19)6-12(18)16(14)24-17(20)11-4-3-5-13-15(11)23-9-22-13/h3-7H,2,9H2,1H3. The second-order valence-electron chi connectivity index (χ2n) is 4.76. The monoisotopic (exact) mass is 345 g/mol. The molecule has 0 atom stereocenters. The van der Waals surface area contributed by atoms with Crippen molar-refractivity contribution in [2.24, 2.45) is 0 Å². The van der Waals surface area contributed by atoms with E-state index in [2.05, 4.69) is 0 Å². The molecule has 0 amide bonds. The van der Waals surface area contributed by atoms with Crippen LogP contribution in [0.25, 0.3) is 0 Å². The summed E-state index contributed by atoms with van der Waals surface area (Å²) in [4.78, 5) is 12.5. The zero-order valence-corrected chi connectivity index (χ0v) is 13.4. The van der Waals surface area contributed by atoms with Gasteiger partial charge in [-0.3, -0.25) is 0 Å². The Hall–Kier alpha value is -2.91. The number of esters is 1. The summed E-state index contributed by atoms with van der Waals surface area (Å²) in [5.74, 6) is 0.411. The Morgan fingerprint density at radius 3 is 2.96 bits per heavy atom. The molecular formula is C17H12ClNO5. The number of nitrogens with zero attached hydrogens (tertiary/aromatic N) is 1. The van der Waals surface area contributed by atoms with Crippen molar-refractivity contribution >= 4 is 17.6 Å². The molecule has 6 nitrogen and oxygen atoms in total. The minimum atomic E-state index is -0.662. The number of fused-ring (bicyclic) bond motifs is 1. The fraction of sp³-hybridized carbons (Fsp3) is 0.176. The molecule has 122 valence electrons. The van der Waals surface area contributed by atoms with Gasteiger partial charge in [0.1, 0.15) is 5.56 Å². The molecule has 0 radical (unpaired) electrons. The van der Waals surface area contributed by atoms with Crippen molar-refractivity contribution < 1.29 is 23.7 Å². The molecule has 24 heavy (non-hydrogen) atoms. The average Bonchev–Trinajstić information content (AvgIpc) is 3.06. The third-order valence-electron chi connectivity index (χ3n) is 3.25. The highest BCUT2D eigenvalue weighted by molar-refractivity contribution is 6.32. The first kappa shape index (κ1) is 16.0. The lowest BCUT2D eigenvalue weighted by Gasteiger charge is -2.13. The summed E-state index contributed by atoms with van der Waals surface area (Å²) in [6.07, 6.45) is 0. The van der Waals surface area contributed by atoms with Crippen LogP contribution in [0.3, 0.4) is 0 Å².